The lowest BCUT2D eigenvalue weighted by molar-refractivity contribution is 0.148. The Kier molecular flexibility index (Phi) is 2.16. The molecule has 0 heterocycles. The third kappa shape index (κ3) is 1.70. The SMILES string of the molecule is Oc1ccc(Cl)c(F)c1CC1(O)CC1. The average Bonchev–Trinajstić information content (AvgIpc) is 2.86. The highest BCUT2D eigenvalue weighted by Crippen LogP contribution is 2.41. The Morgan fingerprint density at radius 3 is 2.64 bits per heavy atom. The van der Waals surface area contributed by atoms with Crippen molar-refractivity contribution in [3.05, 3.63) is 28.5 Å². The fourth-order valence-electron chi connectivity index (χ4n) is 1.40. The quantitative estimate of drug-likeness (QED) is 0.796. The zero-order chi connectivity index (χ0) is 10.3. The van der Waals surface area contributed by atoms with Crippen LogP contribution in [0.2, 0.25) is 5.02 Å². The maximum Gasteiger partial charge on any atom is 0.148 e. The molecule has 2 N–H and O–H groups in total. The van der Waals surface area contributed by atoms with E-state index in [2.05, 4.69) is 0 Å². The molecule has 1 aromatic carbocycles. The molecule has 0 aromatic heterocycles. The number of benzene rings is 1. The van der Waals surface area contributed by atoms with Gasteiger partial charge in [0.05, 0.1) is 10.6 Å². The maximum atomic E-state index is 13.4. The normalized spacial score (nSPS) is 18.2. The molecule has 1 fully saturated rings. The molecule has 0 bridgehead atoms. The summed E-state index contributed by atoms with van der Waals surface area (Å²) in [7, 11) is 0. The van der Waals surface area contributed by atoms with E-state index < -0.39 is 11.4 Å². The van der Waals surface area contributed by atoms with Crippen molar-refractivity contribution in [2.24, 2.45) is 0 Å². The molecule has 1 aromatic rings. The molecule has 0 saturated heterocycles. The Morgan fingerprint density at radius 2 is 2.07 bits per heavy atom. The number of halogens is 2. The zero-order valence-electron chi connectivity index (χ0n) is 7.43. The van der Waals surface area contributed by atoms with Crippen LogP contribution in [0.15, 0.2) is 12.1 Å². The number of phenols is 1. The Bertz CT molecular complexity index is 375. The molecule has 2 nitrogen and oxygen atoms in total. The molecule has 0 atom stereocenters. The molecule has 0 amide bonds. The van der Waals surface area contributed by atoms with Gasteiger partial charge in [0.1, 0.15) is 11.6 Å². The third-order valence-electron chi connectivity index (χ3n) is 2.50. The monoisotopic (exact) mass is 216 g/mol. The molecule has 1 saturated carbocycles. The fraction of sp³-hybridized carbons (Fsp3) is 0.400. The van der Waals surface area contributed by atoms with E-state index in [1.54, 1.807) is 0 Å². The molecule has 14 heavy (non-hydrogen) atoms. The van der Waals surface area contributed by atoms with Gasteiger partial charge >= 0.3 is 0 Å². The number of phenolic OH excluding ortho intramolecular Hbond substituents is 1. The highest BCUT2D eigenvalue weighted by Gasteiger charge is 2.41. The molecular weight excluding hydrogens is 207 g/mol. The van der Waals surface area contributed by atoms with Gasteiger partial charge in [0, 0.05) is 12.0 Å². The number of hydrogen-bond donors (Lipinski definition) is 2. The van der Waals surface area contributed by atoms with Crippen LogP contribution in [0.25, 0.3) is 0 Å². The highest BCUT2D eigenvalue weighted by molar-refractivity contribution is 6.30. The van der Waals surface area contributed by atoms with E-state index in [9.17, 15) is 14.6 Å². The Labute approximate surface area is 85.9 Å². The van der Waals surface area contributed by atoms with Gasteiger partial charge in [-0.25, -0.2) is 4.39 Å². The summed E-state index contributed by atoms with van der Waals surface area (Å²) in [6.07, 6.45) is 1.43. The van der Waals surface area contributed by atoms with E-state index in [0.717, 1.165) is 0 Å². The Morgan fingerprint density at radius 1 is 1.43 bits per heavy atom. The second kappa shape index (κ2) is 3.11. The summed E-state index contributed by atoms with van der Waals surface area (Å²) in [5.74, 6) is -0.779. The number of hydrogen-bond acceptors (Lipinski definition) is 2. The first-order valence-electron chi connectivity index (χ1n) is 4.40. The van der Waals surface area contributed by atoms with Crippen LogP contribution >= 0.6 is 11.6 Å². The van der Waals surface area contributed by atoms with Crippen LogP contribution in [0.4, 0.5) is 4.39 Å². The standard InChI is InChI=1S/C10H10ClFO2/c11-7-1-2-8(13)6(9(7)12)5-10(14)3-4-10/h1-2,13-14H,3-5H2. The summed E-state index contributed by atoms with van der Waals surface area (Å²) >= 11 is 5.57. The topological polar surface area (TPSA) is 40.5 Å². The first kappa shape index (κ1) is 9.74. The molecule has 1 aliphatic rings. The van der Waals surface area contributed by atoms with Crippen molar-refractivity contribution in [3.63, 3.8) is 0 Å². The largest absolute Gasteiger partial charge is 0.508 e. The van der Waals surface area contributed by atoms with Gasteiger partial charge < -0.3 is 10.2 Å². The Balaban J connectivity index is 2.35. The van der Waals surface area contributed by atoms with Gasteiger partial charge in [0.25, 0.3) is 0 Å². The van der Waals surface area contributed by atoms with Gasteiger partial charge in [-0.3, -0.25) is 0 Å². The van der Waals surface area contributed by atoms with Gasteiger partial charge in [-0.15, -0.1) is 0 Å². The van der Waals surface area contributed by atoms with Crippen LogP contribution in [0.5, 0.6) is 5.75 Å². The molecule has 0 aliphatic heterocycles. The molecule has 76 valence electrons. The molecule has 2 rings (SSSR count). The summed E-state index contributed by atoms with van der Waals surface area (Å²) in [5.41, 5.74) is -0.722. The summed E-state index contributed by atoms with van der Waals surface area (Å²) in [6.45, 7) is 0. The first-order valence-corrected chi connectivity index (χ1v) is 4.78. The number of rotatable bonds is 2. The summed E-state index contributed by atoms with van der Waals surface area (Å²) in [5, 5.41) is 19.0. The smallest absolute Gasteiger partial charge is 0.148 e. The maximum absolute atomic E-state index is 13.4. The second-order valence-corrected chi connectivity index (χ2v) is 4.17. The van der Waals surface area contributed by atoms with Crippen molar-refractivity contribution in [2.75, 3.05) is 0 Å². The van der Waals surface area contributed by atoms with Gasteiger partial charge in [0.15, 0.2) is 0 Å². The van der Waals surface area contributed by atoms with Crippen LogP contribution in [-0.4, -0.2) is 15.8 Å². The molecule has 4 heteroatoms. The molecule has 0 radical (unpaired) electrons. The molecule has 0 unspecified atom stereocenters. The summed E-state index contributed by atoms with van der Waals surface area (Å²) in [6, 6.07) is 2.64. The van der Waals surface area contributed by atoms with Crippen LogP contribution in [0.1, 0.15) is 18.4 Å². The average molecular weight is 217 g/mol. The van der Waals surface area contributed by atoms with E-state index in [4.69, 9.17) is 11.6 Å². The third-order valence-corrected chi connectivity index (χ3v) is 2.80. The van der Waals surface area contributed by atoms with E-state index in [-0.39, 0.29) is 22.8 Å². The Hall–Kier alpha value is -0.800. The predicted molar refractivity (Wildman–Crippen MR) is 51.0 cm³/mol. The van der Waals surface area contributed by atoms with Crippen LogP contribution < -0.4 is 0 Å². The number of aromatic hydroxyl groups is 1. The van der Waals surface area contributed by atoms with Crippen molar-refractivity contribution < 1.29 is 14.6 Å². The van der Waals surface area contributed by atoms with Gasteiger partial charge in [-0.1, -0.05) is 11.6 Å². The predicted octanol–water partition coefficient (Wildman–Crippen LogP) is 2.25. The lowest BCUT2D eigenvalue weighted by Crippen LogP contribution is -2.12. The van der Waals surface area contributed by atoms with Crippen LogP contribution in [0, 0.1) is 5.82 Å². The minimum Gasteiger partial charge on any atom is -0.508 e. The minimum atomic E-state index is -0.830. The fourth-order valence-corrected chi connectivity index (χ4v) is 1.58. The van der Waals surface area contributed by atoms with E-state index >= 15 is 0 Å². The summed E-state index contributed by atoms with van der Waals surface area (Å²) < 4.78 is 13.4. The van der Waals surface area contributed by atoms with Crippen molar-refractivity contribution in [1.29, 1.82) is 0 Å². The molecule has 0 spiro atoms. The van der Waals surface area contributed by atoms with Crippen LogP contribution in [-0.2, 0) is 6.42 Å². The lowest BCUT2D eigenvalue weighted by atomic mass is 10.0. The van der Waals surface area contributed by atoms with E-state index in [0.29, 0.717) is 12.8 Å². The number of aliphatic hydroxyl groups is 1. The van der Waals surface area contributed by atoms with Gasteiger partial charge in [0.2, 0.25) is 0 Å². The highest BCUT2D eigenvalue weighted by atomic mass is 35.5. The first-order chi connectivity index (χ1) is 6.52. The van der Waals surface area contributed by atoms with Crippen molar-refractivity contribution in [2.45, 2.75) is 24.9 Å². The van der Waals surface area contributed by atoms with Crippen molar-refractivity contribution >= 4 is 11.6 Å². The van der Waals surface area contributed by atoms with E-state index in [1.807, 2.05) is 0 Å². The van der Waals surface area contributed by atoms with Gasteiger partial charge in [-0.05, 0) is 25.0 Å². The lowest BCUT2D eigenvalue weighted by Gasteiger charge is -2.10. The van der Waals surface area contributed by atoms with Gasteiger partial charge in [-0.2, -0.15) is 0 Å². The summed E-state index contributed by atoms with van der Waals surface area (Å²) in [4.78, 5) is 0. The van der Waals surface area contributed by atoms with Crippen molar-refractivity contribution in [3.8, 4) is 5.75 Å². The van der Waals surface area contributed by atoms with E-state index in [1.165, 1.54) is 12.1 Å². The molecule has 1 aliphatic carbocycles. The van der Waals surface area contributed by atoms with Crippen molar-refractivity contribution in [1.82, 2.24) is 0 Å². The minimum absolute atomic E-state index is 0.0259. The zero-order valence-corrected chi connectivity index (χ0v) is 8.18. The molecular formula is C10H10ClFO2. The second-order valence-electron chi connectivity index (χ2n) is 3.76. The van der Waals surface area contributed by atoms with Crippen LogP contribution in [0.3, 0.4) is 0 Å².